The van der Waals surface area contributed by atoms with E-state index in [1.165, 1.54) is 6.26 Å². The van der Waals surface area contributed by atoms with Gasteiger partial charge in [0, 0.05) is 0 Å². The van der Waals surface area contributed by atoms with Crippen LogP contribution < -0.4 is 5.32 Å². The Kier molecular flexibility index (Phi) is 5.77. The average molecular weight is 301 g/mol. The van der Waals surface area contributed by atoms with Crippen LogP contribution in [-0.4, -0.2) is 18.5 Å². The monoisotopic (exact) mass is 301 g/mol. The van der Waals surface area contributed by atoms with E-state index in [1.807, 2.05) is 37.3 Å². The largest absolute Gasteiger partial charge is 0.467 e. The van der Waals surface area contributed by atoms with Gasteiger partial charge in [-0.1, -0.05) is 37.3 Å². The molecule has 1 aromatic carbocycles. The smallest absolute Gasteiger partial charge is 0.313 e. The standard InChI is InChI=1S/C17H19NO4/c1-2-15(13-7-4-3-5-8-13)17(20)22-12-16(19)18-11-14-9-6-10-21-14/h3-10,15H,2,11-12H2,1H3,(H,18,19)/t15-/m1/s1. The first-order valence-corrected chi connectivity index (χ1v) is 7.21. The van der Waals surface area contributed by atoms with Gasteiger partial charge in [-0.2, -0.15) is 0 Å². The van der Waals surface area contributed by atoms with E-state index in [9.17, 15) is 9.59 Å². The highest BCUT2D eigenvalue weighted by Gasteiger charge is 2.20. The van der Waals surface area contributed by atoms with E-state index in [1.54, 1.807) is 12.1 Å². The summed E-state index contributed by atoms with van der Waals surface area (Å²) in [6, 6.07) is 12.9. The first-order chi connectivity index (χ1) is 10.7. The molecule has 0 radical (unpaired) electrons. The summed E-state index contributed by atoms with van der Waals surface area (Å²) in [6.45, 7) is 1.90. The number of benzene rings is 1. The summed E-state index contributed by atoms with van der Waals surface area (Å²) in [5, 5.41) is 2.63. The van der Waals surface area contributed by atoms with Crippen LogP contribution in [0.2, 0.25) is 0 Å². The summed E-state index contributed by atoms with van der Waals surface area (Å²) in [5.41, 5.74) is 0.894. The Morgan fingerprint density at radius 2 is 1.95 bits per heavy atom. The number of amides is 1. The number of hydrogen-bond donors (Lipinski definition) is 1. The summed E-state index contributed by atoms with van der Waals surface area (Å²) in [5.74, 6) is -0.441. The third kappa shape index (κ3) is 4.48. The molecule has 2 aromatic rings. The van der Waals surface area contributed by atoms with E-state index in [0.29, 0.717) is 12.2 Å². The Labute approximate surface area is 129 Å². The number of ether oxygens (including phenoxy) is 1. The molecule has 116 valence electrons. The van der Waals surface area contributed by atoms with Crippen LogP contribution in [0.3, 0.4) is 0 Å². The molecule has 1 atom stereocenters. The van der Waals surface area contributed by atoms with Crippen LogP contribution in [0.15, 0.2) is 53.1 Å². The Balaban J connectivity index is 1.79. The van der Waals surface area contributed by atoms with Crippen molar-refractivity contribution in [3.05, 3.63) is 60.1 Å². The third-order valence-electron chi connectivity index (χ3n) is 3.28. The van der Waals surface area contributed by atoms with Crippen LogP contribution in [0.1, 0.15) is 30.6 Å². The summed E-state index contributed by atoms with van der Waals surface area (Å²) in [6.07, 6.45) is 2.16. The lowest BCUT2D eigenvalue weighted by molar-refractivity contribution is -0.150. The van der Waals surface area contributed by atoms with E-state index in [-0.39, 0.29) is 30.9 Å². The number of hydrogen-bond acceptors (Lipinski definition) is 4. The fourth-order valence-corrected chi connectivity index (χ4v) is 2.11. The van der Waals surface area contributed by atoms with E-state index in [2.05, 4.69) is 5.32 Å². The second kappa shape index (κ2) is 8.02. The lowest BCUT2D eigenvalue weighted by Crippen LogP contribution is -2.29. The van der Waals surface area contributed by atoms with Gasteiger partial charge in [0.25, 0.3) is 5.91 Å². The first-order valence-electron chi connectivity index (χ1n) is 7.21. The molecule has 1 heterocycles. The molecule has 0 aliphatic heterocycles. The van der Waals surface area contributed by atoms with Gasteiger partial charge in [-0.15, -0.1) is 0 Å². The molecule has 22 heavy (non-hydrogen) atoms. The zero-order valence-electron chi connectivity index (χ0n) is 12.5. The molecule has 0 aliphatic rings. The lowest BCUT2D eigenvalue weighted by atomic mass is 9.97. The minimum atomic E-state index is -0.387. The number of furan rings is 1. The first kappa shape index (κ1) is 15.8. The molecular weight excluding hydrogens is 282 g/mol. The molecule has 1 aromatic heterocycles. The number of nitrogens with one attached hydrogen (secondary N) is 1. The molecule has 2 rings (SSSR count). The maximum absolute atomic E-state index is 12.1. The van der Waals surface area contributed by atoms with Crippen molar-refractivity contribution in [3.8, 4) is 0 Å². The van der Waals surface area contributed by atoms with Crippen molar-refractivity contribution >= 4 is 11.9 Å². The fourth-order valence-electron chi connectivity index (χ4n) is 2.11. The molecule has 0 bridgehead atoms. The van der Waals surface area contributed by atoms with E-state index < -0.39 is 0 Å². The number of carbonyl (C=O) groups is 2. The minimum absolute atomic E-state index is 0.277. The predicted octanol–water partition coefficient (Wildman–Crippen LogP) is 2.63. The van der Waals surface area contributed by atoms with E-state index in [4.69, 9.17) is 9.15 Å². The summed E-state index contributed by atoms with van der Waals surface area (Å²) < 4.78 is 10.2. The molecule has 5 nitrogen and oxygen atoms in total. The Bertz CT molecular complexity index is 592. The number of rotatable bonds is 7. The molecule has 1 amide bonds. The second-order valence-electron chi connectivity index (χ2n) is 4.84. The van der Waals surface area contributed by atoms with Gasteiger partial charge in [0.15, 0.2) is 6.61 Å². The highest BCUT2D eigenvalue weighted by molar-refractivity contribution is 5.83. The van der Waals surface area contributed by atoms with E-state index >= 15 is 0 Å². The molecule has 0 aliphatic carbocycles. The van der Waals surface area contributed by atoms with E-state index in [0.717, 1.165) is 5.56 Å². The molecule has 0 saturated carbocycles. The van der Waals surface area contributed by atoms with Gasteiger partial charge in [0.05, 0.1) is 18.7 Å². The highest BCUT2D eigenvalue weighted by atomic mass is 16.5. The number of carbonyl (C=O) groups excluding carboxylic acids is 2. The van der Waals surface area contributed by atoms with Crippen molar-refractivity contribution in [3.63, 3.8) is 0 Å². The zero-order valence-corrected chi connectivity index (χ0v) is 12.5. The van der Waals surface area contributed by atoms with Gasteiger partial charge >= 0.3 is 5.97 Å². The minimum Gasteiger partial charge on any atom is -0.467 e. The SMILES string of the molecule is CC[C@@H](C(=O)OCC(=O)NCc1ccco1)c1ccccc1. The van der Waals surface area contributed by atoms with Crippen LogP contribution in [0.4, 0.5) is 0 Å². The normalized spacial score (nSPS) is 11.7. The molecule has 0 unspecified atom stereocenters. The van der Waals surface area contributed by atoms with Crippen molar-refractivity contribution < 1.29 is 18.7 Å². The van der Waals surface area contributed by atoms with Crippen LogP contribution in [-0.2, 0) is 20.9 Å². The third-order valence-corrected chi connectivity index (χ3v) is 3.28. The van der Waals surface area contributed by atoms with Gasteiger partial charge in [-0.3, -0.25) is 9.59 Å². The summed E-state index contributed by atoms with van der Waals surface area (Å²) in [4.78, 5) is 23.8. The van der Waals surface area contributed by atoms with Crippen LogP contribution >= 0.6 is 0 Å². The van der Waals surface area contributed by atoms with Crippen molar-refractivity contribution in [1.82, 2.24) is 5.32 Å². The molecular formula is C17H19NO4. The molecule has 0 saturated heterocycles. The van der Waals surface area contributed by atoms with Crippen molar-refractivity contribution in [2.24, 2.45) is 0 Å². The quantitative estimate of drug-likeness (QED) is 0.798. The van der Waals surface area contributed by atoms with Gasteiger partial charge in [0.1, 0.15) is 5.76 Å². The molecule has 0 spiro atoms. The fraction of sp³-hybridized carbons (Fsp3) is 0.294. The predicted molar refractivity (Wildman–Crippen MR) is 81.0 cm³/mol. The van der Waals surface area contributed by atoms with Crippen LogP contribution in [0, 0.1) is 0 Å². The maximum atomic E-state index is 12.1. The van der Waals surface area contributed by atoms with Crippen molar-refractivity contribution in [1.29, 1.82) is 0 Å². The van der Waals surface area contributed by atoms with Crippen molar-refractivity contribution in [2.45, 2.75) is 25.8 Å². The highest BCUT2D eigenvalue weighted by Crippen LogP contribution is 2.20. The summed E-state index contributed by atoms with van der Waals surface area (Å²) >= 11 is 0. The maximum Gasteiger partial charge on any atom is 0.313 e. The van der Waals surface area contributed by atoms with Crippen molar-refractivity contribution in [2.75, 3.05) is 6.61 Å². The van der Waals surface area contributed by atoms with Gasteiger partial charge in [-0.05, 0) is 24.1 Å². The Morgan fingerprint density at radius 1 is 1.18 bits per heavy atom. The summed E-state index contributed by atoms with van der Waals surface area (Å²) in [7, 11) is 0. The molecule has 1 N–H and O–H groups in total. The van der Waals surface area contributed by atoms with Gasteiger partial charge in [0.2, 0.25) is 0 Å². The number of esters is 1. The van der Waals surface area contributed by atoms with Crippen LogP contribution in [0.25, 0.3) is 0 Å². The topological polar surface area (TPSA) is 68.5 Å². The average Bonchev–Trinajstić information content (AvgIpc) is 3.06. The Hall–Kier alpha value is -2.56. The zero-order chi connectivity index (χ0) is 15.8. The van der Waals surface area contributed by atoms with Crippen LogP contribution in [0.5, 0.6) is 0 Å². The lowest BCUT2D eigenvalue weighted by Gasteiger charge is -2.14. The molecule has 5 heteroatoms. The molecule has 0 fully saturated rings. The van der Waals surface area contributed by atoms with Gasteiger partial charge < -0.3 is 14.5 Å². The second-order valence-corrected chi connectivity index (χ2v) is 4.84. The van der Waals surface area contributed by atoms with Gasteiger partial charge in [-0.25, -0.2) is 0 Å². The Morgan fingerprint density at radius 3 is 2.59 bits per heavy atom.